The van der Waals surface area contributed by atoms with Crippen molar-refractivity contribution in [3.05, 3.63) is 16.2 Å². The van der Waals surface area contributed by atoms with Gasteiger partial charge in [-0.2, -0.15) is 0 Å². The van der Waals surface area contributed by atoms with Crippen molar-refractivity contribution >= 4 is 27.6 Å². The number of H-pyrrole nitrogens is 1. The summed E-state index contributed by atoms with van der Waals surface area (Å²) in [7, 11) is 0. The quantitative estimate of drug-likeness (QED) is 0.556. The van der Waals surface area contributed by atoms with Gasteiger partial charge in [-0.05, 0) is 35.2 Å². The minimum atomic E-state index is 0.399. The monoisotopic (exact) mass is 256 g/mol. The van der Waals surface area contributed by atoms with Gasteiger partial charge in [0.15, 0.2) is 0 Å². The summed E-state index contributed by atoms with van der Waals surface area (Å²) in [6.45, 7) is 0. The summed E-state index contributed by atoms with van der Waals surface area (Å²) in [6, 6.07) is 0.399. The Morgan fingerprint density at radius 2 is 2.29 bits per heavy atom. The number of anilines is 1. The zero-order chi connectivity index (χ0) is 10.1. The fraction of sp³-hybridized carbons (Fsp3) is 0.444. The van der Waals surface area contributed by atoms with E-state index in [-0.39, 0.29) is 0 Å². The smallest absolute Gasteiger partial charge is 0.130 e. The fourth-order valence-electron chi connectivity index (χ4n) is 1.45. The summed E-state index contributed by atoms with van der Waals surface area (Å²) in [5, 5.41) is 0. The first-order valence-corrected chi connectivity index (χ1v) is 5.43. The minimum absolute atomic E-state index is 0.399. The lowest BCUT2D eigenvalue weighted by atomic mass is 9.94. The molecule has 2 rings (SSSR count). The van der Waals surface area contributed by atoms with Crippen molar-refractivity contribution in [2.45, 2.75) is 25.3 Å². The third-order valence-electron chi connectivity index (χ3n) is 2.52. The highest BCUT2D eigenvalue weighted by Crippen LogP contribution is 2.25. The molecular weight excluding hydrogens is 244 g/mol. The first-order chi connectivity index (χ1) is 6.68. The number of aliphatic imine (C=N–C) groups is 1. The van der Waals surface area contributed by atoms with Crippen LogP contribution in [0, 0.1) is 0 Å². The van der Waals surface area contributed by atoms with Gasteiger partial charge in [0.25, 0.3) is 0 Å². The van der Waals surface area contributed by atoms with E-state index in [1.165, 1.54) is 6.42 Å². The number of aromatic nitrogens is 1. The zero-order valence-corrected chi connectivity index (χ0v) is 9.34. The maximum Gasteiger partial charge on any atom is 0.130 e. The second-order valence-electron chi connectivity index (χ2n) is 3.52. The van der Waals surface area contributed by atoms with Gasteiger partial charge in [0.2, 0.25) is 0 Å². The molecule has 0 aromatic carbocycles. The van der Waals surface area contributed by atoms with E-state index < -0.39 is 0 Å². The van der Waals surface area contributed by atoms with Crippen LogP contribution < -0.4 is 11.5 Å². The van der Waals surface area contributed by atoms with Gasteiger partial charge in [-0.3, -0.25) is 4.99 Å². The number of hydrogen-bond donors (Lipinski definition) is 3. The lowest BCUT2D eigenvalue weighted by Crippen LogP contribution is -2.23. The molecule has 0 atom stereocenters. The van der Waals surface area contributed by atoms with Crippen molar-refractivity contribution in [1.82, 2.24) is 4.98 Å². The van der Waals surface area contributed by atoms with Crippen LogP contribution in [0.4, 0.5) is 5.82 Å². The van der Waals surface area contributed by atoms with E-state index in [2.05, 4.69) is 25.9 Å². The molecule has 1 saturated carbocycles. The van der Waals surface area contributed by atoms with E-state index in [9.17, 15) is 0 Å². The summed E-state index contributed by atoms with van der Waals surface area (Å²) in [4.78, 5) is 7.31. The van der Waals surface area contributed by atoms with Crippen LogP contribution in [-0.4, -0.2) is 16.9 Å². The largest absolute Gasteiger partial charge is 0.385 e. The SMILES string of the molecule is NC(=NC1CCC1)c1c(Br)c[nH]c1N. The molecule has 0 spiro atoms. The molecule has 0 amide bonds. The predicted octanol–water partition coefficient (Wildman–Crippen LogP) is 1.62. The predicted molar refractivity (Wildman–Crippen MR) is 61.3 cm³/mol. The van der Waals surface area contributed by atoms with E-state index >= 15 is 0 Å². The molecule has 0 unspecified atom stereocenters. The van der Waals surface area contributed by atoms with Crippen molar-refractivity contribution in [2.75, 3.05) is 5.73 Å². The van der Waals surface area contributed by atoms with E-state index in [4.69, 9.17) is 11.5 Å². The summed E-state index contributed by atoms with van der Waals surface area (Å²) < 4.78 is 0.871. The number of nitrogens with two attached hydrogens (primary N) is 2. The lowest BCUT2D eigenvalue weighted by Gasteiger charge is -2.21. The third kappa shape index (κ3) is 1.64. The van der Waals surface area contributed by atoms with Crippen LogP contribution in [0.2, 0.25) is 0 Å². The molecule has 14 heavy (non-hydrogen) atoms. The van der Waals surface area contributed by atoms with Gasteiger partial charge in [0.05, 0.1) is 11.6 Å². The summed E-state index contributed by atoms with van der Waals surface area (Å²) in [6.07, 6.45) is 5.31. The molecule has 0 aliphatic heterocycles. The van der Waals surface area contributed by atoms with Crippen molar-refractivity contribution in [3.8, 4) is 0 Å². The van der Waals surface area contributed by atoms with Gasteiger partial charge < -0.3 is 16.5 Å². The first-order valence-electron chi connectivity index (χ1n) is 4.64. The van der Waals surface area contributed by atoms with Gasteiger partial charge in [-0.15, -0.1) is 0 Å². The standard InChI is InChI=1S/C9H13BrN4/c10-6-4-13-8(11)7(6)9(12)14-5-2-1-3-5/h4-5,13H,1-3,11H2,(H2,12,14). The van der Waals surface area contributed by atoms with E-state index in [0.717, 1.165) is 22.9 Å². The van der Waals surface area contributed by atoms with Crippen LogP contribution in [0.15, 0.2) is 15.7 Å². The number of nitrogens with one attached hydrogen (secondary N) is 1. The second kappa shape index (κ2) is 3.65. The molecule has 1 aliphatic carbocycles. The number of nitrogen functional groups attached to an aromatic ring is 1. The van der Waals surface area contributed by atoms with Crippen molar-refractivity contribution < 1.29 is 0 Å². The van der Waals surface area contributed by atoms with Crippen LogP contribution >= 0.6 is 15.9 Å². The van der Waals surface area contributed by atoms with E-state index in [0.29, 0.717) is 17.7 Å². The Bertz CT molecular complexity index is 345. The Balaban J connectivity index is 2.24. The molecule has 1 fully saturated rings. The Morgan fingerprint density at radius 3 is 2.71 bits per heavy atom. The summed E-state index contributed by atoms with van der Waals surface area (Å²) in [5.74, 6) is 1.10. The number of rotatable bonds is 2. The Labute approximate surface area is 90.9 Å². The highest BCUT2D eigenvalue weighted by molar-refractivity contribution is 9.10. The number of halogens is 1. The highest BCUT2D eigenvalue weighted by Gasteiger charge is 2.18. The molecule has 0 saturated heterocycles. The summed E-state index contributed by atoms with van der Waals surface area (Å²) >= 11 is 3.38. The topological polar surface area (TPSA) is 80.2 Å². The molecule has 1 heterocycles. The molecular formula is C9H13BrN4. The van der Waals surface area contributed by atoms with Gasteiger partial charge in [-0.1, -0.05) is 0 Å². The number of nitrogens with zero attached hydrogens (tertiary/aromatic N) is 1. The molecule has 4 nitrogen and oxygen atoms in total. The van der Waals surface area contributed by atoms with E-state index in [1.54, 1.807) is 6.20 Å². The Hall–Kier alpha value is -0.970. The molecule has 5 N–H and O–H groups in total. The van der Waals surface area contributed by atoms with Crippen LogP contribution in [0.3, 0.4) is 0 Å². The second-order valence-corrected chi connectivity index (χ2v) is 4.38. The van der Waals surface area contributed by atoms with Crippen LogP contribution in [-0.2, 0) is 0 Å². The zero-order valence-electron chi connectivity index (χ0n) is 7.76. The minimum Gasteiger partial charge on any atom is -0.385 e. The maximum atomic E-state index is 5.87. The van der Waals surface area contributed by atoms with Crippen LogP contribution in [0.25, 0.3) is 0 Å². The molecule has 1 aromatic rings. The van der Waals surface area contributed by atoms with Crippen molar-refractivity contribution in [2.24, 2.45) is 10.7 Å². The van der Waals surface area contributed by atoms with Crippen LogP contribution in [0.1, 0.15) is 24.8 Å². The van der Waals surface area contributed by atoms with Gasteiger partial charge >= 0.3 is 0 Å². The van der Waals surface area contributed by atoms with Crippen molar-refractivity contribution in [3.63, 3.8) is 0 Å². The molecule has 0 radical (unpaired) electrons. The van der Waals surface area contributed by atoms with Gasteiger partial charge in [0, 0.05) is 10.7 Å². The number of aromatic amines is 1. The fourth-order valence-corrected chi connectivity index (χ4v) is 1.98. The Kier molecular flexibility index (Phi) is 2.50. The van der Waals surface area contributed by atoms with Gasteiger partial charge in [0.1, 0.15) is 11.7 Å². The normalized spacial score (nSPS) is 18.2. The molecule has 1 aliphatic rings. The van der Waals surface area contributed by atoms with Gasteiger partial charge in [-0.25, -0.2) is 0 Å². The first kappa shape index (κ1) is 9.58. The number of amidine groups is 1. The molecule has 0 bridgehead atoms. The highest BCUT2D eigenvalue weighted by atomic mass is 79.9. The number of hydrogen-bond acceptors (Lipinski definition) is 2. The molecule has 5 heteroatoms. The Morgan fingerprint density at radius 1 is 1.57 bits per heavy atom. The summed E-state index contributed by atoms with van der Waals surface area (Å²) in [5.41, 5.74) is 12.4. The van der Waals surface area contributed by atoms with E-state index in [1.807, 2.05) is 0 Å². The third-order valence-corrected chi connectivity index (χ3v) is 3.14. The average Bonchev–Trinajstić information content (AvgIpc) is 2.39. The maximum absolute atomic E-state index is 5.87. The average molecular weight is 257 g/mol. The van der Waals surface area contributed by atoms with Crippen molar-refractivity contribution in [1.29, 1.82) is 0 Å². The molecule has 1 aromatic heterocycles. The molecule has 76 valence electrons. The lowest BCUT2D eigenvalue weighted by molar-refractivity contribution is 0.420. The van der Waals surface area contributed by atoms with Crippen LogP contribution in [0.5, 0.6) is 0 Å².